The second kappa shape index (κ2) is 7.72. The number of benzene rings is 4. The van der Waals surface area contributed by atoms with Gasteiger partial charge in [0, 0.05) is 17.6 Å². The van der Waals surface area contributed by atoms with Gasteiger partial charge in [-0.3, -0.25) is 0 Å². The van der Waals surface area contributed by atoms with E-state index in [9.17, 15) is 4.79 Å². The number of urea groups is 1. The highest BCUT2D eigenvalue weighted by molar-refractivity contribution is 6.06. The molecule has 0 spiro atoms. The van der Waals surface area contributed by atoms with Crippen LogP contribution in [-0.2, 0) is 6.54 Å². The van der Waals surface area contributed by atoms with Gasteiger partial charge in [0.05, 0.1) is 23.0 Å². The maximum absolute atomic E-state index is 12.6. The summed E-state index contributed by atoms with van der Waals surface area (Å²) in [5.74, 6) is 0. The Morgan fingerprint density at radius 2 is 1.63 bits per heavy atom. The Morgan fingerprint density at radius 1 is 0.833 bits per heavy atom. The summed E-state index contributed by atoms with van der Waals surface area (Å²) in [7, 11) is 0. The molecule has 0 saturated heterocycles. The molecule has 30 heavy (non-hydrogen) atoms. The van der Waals surface area contributed by atoms with E-state index in [0.717, 1.165) is 34.0 Å². The normalized spacial score (nSPS) is 10.9. The Labute approximate surface area is 174 Å². The lowest BCUT2D eigenvalue weighted by atomic mass is 10.1. The fourth-order valence-corrected chi connectivity index (χ4v) is 3.67. The second-order valence-corrected chi connectivity index (χ2v) is 7.17. The summed E-state index contributed by atoms with van der Waals surface area (Å²) in [4.78, 5) is 17.1. The molecule has 1 heterocycles. The molecule has 146 valence electrons. The van der Waals surface area contributed by atoms with Gasteiger partial charge in [0.25, 0.3) is 0 Å². The maximum atomic E-state index is 12.6. The molecule has 0 fully saturated rings. The van der Waals surface area contributed by atoms with E-state index < -0.39 is 0 Å². The van der Waals surface area contributed by atoms with Gasteiger partial charge in [-0.25, -0.2) is 9.78 Å². The third-order valence-corrected chi connectivity index (χ3v) is 5.11. The van der Waals surface area contributed by atoms with Gasteiger partial charge >= 0.3 is 6.03 Å². The van der Waals surface area contributed by atoms with Crippen LogP contribution in [0.2, 0.25) is 0 Å². The number of rotatable bonds is 4. The van der Waals surface area contributed by atoms with Crippen LogP contribution in [0.5, 0.6) is 0 Å². The van der Waals surface area contributed by atoms with Crippen molar-refractivity contribution in [2.24, 2.45) is 0 Å². The average Bonchev–Trinajstić information content (AvgIpc) is 3.16. The van der Waals surface area contributed by atoms with Crippen LogP contribution in [0.3, 0.4) is 0 Å². The van der Waals surface area contributed by atoms with Gasteiger partial charge in [0.15, 0.2) is 0 Å². The summed E-state index contributed by atoms with van der Waals surface area (Å²) >= 11 is 0. The van der Waals surface area contributed by atoms with E-state index in [1.807, 2.05) is 85.2 Å². The molecular formula is C25H20N4O. The number of nitrogens with zero attached hydrogens (tertiary/aromatic N) is 2. The fourth-order valence-electron chi connectivity index (χ4n) is 3.67. The highest BCUT2D eigenvalue weighted by Crippen LogP contribution is 2.24. The lowest BCUT2D eigenvalue weighted by Crippen LogP contribution is -2.19. The van der Waals surface area contributed by atoms with Crippen LogP contribution in [0.4, 0.5) is 16.2 Å². The zero-order chi connectivity index (χ0) is 20.3. The molecule has 0 atom stereocenters. The molecule has 5 aromatic rings. The fraction of sp³-hybridized carbons (Fsp3) is 0.0400. The van der Waals surface area contributed by atoms with Crippen LogP contribution >= 0.6 is 0 Å². The van der Waals surface area contributed by atoms with Crippen molar-refractivity contribution >= 4 is 39.2 Å². The predicted octanol–water partition coefficient (Wildman–Crippen LogP) is 5.88. The van der Waals surface area contributed by atoms with E-state index in [2.05, 4.69) is 32.3 Å². The number of amides is 2. The molecule has 5 nitrogen and oxygen atoms in total. The van der Waals surface area contributed by atoms with Crippen LogP contribution in [0.1, 0.15) is 5.56 Å². The van der Waals surface area contributed by atoms with Crippen molar-refractivity contribution in [1.29, 1.82) is 0 Å². The maximum Gasteiger partial charge on any atom is 0.323 e. The van der Waals surface area contributed by atoms with Gasteiger partial charge in [0.2, 0.25) is 0 Å². The molecule has 5 heteroatoms. The minimum absolute atomic E-state index is 0.283. The van der Waals surface area contributed by atoms with E-state index >= 15 is 0 Å². The number of imidazole rings is 1. The molecule has 0 aliphatic carbocycles. The number of hydrogen-bond donors (Lipinski definition) is 2. The van der Waals surface area contributed by atoms with Crippen LogP contribution in [0.15, 0.2) is 97.3 Å². The Kier molecular flexibility index (Phi) is 4.62. The molecule has 0 aliphatic heterocycles. The van der Waals surface area contributed by atoms with Gasteiger partial charge in [-0.2, -0.15) is 0 Å². The van der Waals surface area contributed by atoms with Crippen molar-refractivity contribution in [2.45, 2.75) is 6.54 Å². The van der Waals surface area contributed by atoms with E-state index in [-0.39, 0.29) is 6.03 Å². The van der Waals surface area contributed by atoms with Crippen LogP contribution in [0, 0.1) is 0 Å². The Morgan fingerprint density at radius 3 is 2.53 bits per heavy atom. The molecule has 2 amide bonds. The van der Waals surface area contributed by atoms with Gasteiger partial charge < -0.3 is 15.2 Å². The van der Waals surface area contributed by atoms with Crippen molar-refractivity contribution in [2.75, 3.05) is 10.6 Å². The summed E-state index contributed by atoms with van der Waals surface area (Å²) in [5, 5.41) is 7.94. The first-order valence-electron chi connectivity index (χ1n) is 9.81. The summed E-state index contributed by atoms with van der Waals surface area (Å²) in [6.45, 7) is 0.756. The van der Waals surface area contributed by atoms with Crippen molar-refractivity contribution in [1.82, 2.24) is 9.55 Å². The SMILES string of the molecule is O=C(Nc1ccc2c(c1)ncn2Cc1ccccc1)Nc1cccc2ccccc12. The zero-order valence-electron chi connectivity index (χ0n) is 16.2. The smallest absolute Gasteiger partial charge is 0.323 e. The van der Waals surface area contributed by atoms with Crippen molar-refractivity contribution in [3.8, 4) is 0 Å². The Hall–Kier alpha value is -4.12. The van der Waals surface area contributed by atoms with Gasteiger partial charge in [-0.15, -0.1) is 0 Å². The first kappa shape index (κ1) is 17.9. The van der Waals surface area contributed by atoms with Crippen LogP contribution in [0.25, 0.3) is 21.8 Å². The molecule has 0 radical (unpaired) electrons. The lowest BCUT2D eigenvalue weighted by Gasteiger charge is -2.10. The molecule has 0 unspecified atom stereocenters. The summed E-state index contributed by atoms with van der Waals surface area (Å²) < 4.78 is 2.10. The first-order valence-corrected chi connectivity index (χ1v) is 9.81. The topological polar surface area (TPSA) is 59.0 Å². The largest absolute Gasteiger partial charge is 0.326 e. The van der Waals surface area contributed by atoms with Crippen LogP contribution < -0.4 is 10.6 Å². The number of fused-ring (bicyclic) bond motifs is 2. The average molecular weight is 392 g/mol. The standard InChI is InChI=1S/C25H20N4O/c30-25(28-22-12-6-10-19-9-4-5-11-21(19)22)27-20-13-14-24-23(15-20)26-17-29(24)16-18-7-2-1-3-8-18/h1-15,17H,16H2,(H2,27,28,30). The molecule has 0 bridgehead atoms. The van der Waals surface area contributed by atoms with Gasteiger partial charge in [-0.05, 0) is 35.2 Å². The lowest BCUT2D eigenvalue weighted by molar-refractivity contribution is 0.262. The third kappa shape index (κ3) is 3.61. The molecule has 0 saturated carbocycles. The highest BCUT2D eigenvalue weighted by atomic mass is 16.2. The quantitative estimate of drug-likeness (QED) is 0.401. The molecule has 2 N–H and O–H groups in total. The minimum atomic E-state index is -0.283. The zero-order valence-corrected chi connectivity index (χ0v) is 16.2. The number of nitrogens with one attached hydrogen (secondary N) is 2. The Bertz CT molecular complexity index is 1340. The Balaban J connectivity index is 1.33. The molecule has 1 aromatic heterocycles. The van der Waals surface area contributed by atoms with Gasteiger partial charge in [-0.1, -0.05) is 66.7 Å². The number of carbonyl (C=O) groups is 1. The van der Waals surface area contributed by atoms with E-state index in [1.165, 1.54) is 5.56 Å². The van der Waals surface area contributed by atoms with Crippen molar-refractivity contribution < 1.29 is 4.79 Å². The van der Waals surface area contributed by atoms with E-state index in [1.54, 1.807) is 0 Å². The highest BCUT2D eigenvalue weighted by Gasteiger charge is 2.08. The second-order valence-electron chi connectivity index (χ2n) is 7.17. The molecule has 4 aromatic carbocycles. The minimum Gasteiger partial charge on any atom is -0.326 e. The van der Waals surface area contributed by atoms with Crippen molar-refractivity contribution in [3.05, 3.63) is 103 Å². The third-order valence-electron chi connectivity index (χ3n) is 5.11. The number of hydrogen-bond acceptors (Lipinski definition) is 2. The monoisotopic (exact) mass is 392 g/mol. The number of aromatic nitrogens is 2. The van der Waals surface area contributed by atoms with E-state index in [0.29, 0.717) is 5.69 Å². The van der Waals surface area contributed by atoms with Crippen molar-refractivity contribution in [3.63, 3.8) is 0 Å². The molecular weight excluding hydrogens is 372 g/mol. The number of anilines is 2. The first-order chi connectivity index (χ1) is 14.8. The number of carbonyl (C=O) groups excluding carboxylic acids is 1. The van der Waals surface area contributed by atoms with Gasteiger partial charge in [0.1, 0.15) is 0 Å². The molecule has 5 rings (SSSR count). The predicted molar refractivity (Wildman–Crippen MR) is 122 cm³/mol. The summed E-state index contributed by atoms with van der Waals surface area (Å²) in [6.07, 6.45) is 1.83. The molecule has 0 aliphatic rings. The van der Waals surface area contributed by atoms with Crippen LogP contribution in [-0.4, -0.2) is 15.6 Å². The van der Waals surface area contributed by atoms with E-state index in [4.69, 9.17) is 0 Å². The summed E-state index contributed by atoms with van der Waals surface area (Å²) in [6, 6.07) is 29.6. The summed E-state index contributed by atoms with van der Waals surface area (Å²) in [5.41, 5.74) is 4.56.